The van der Waals surface area contributed by atoms with Crippen LogP contribution in [0.25, 0.3) is 16.5 Å². The van der Waals surface area contributed by atoms with Gasteiger partial charge in [-0.2, -0.15) is 0 Å². The van der Waals surface area contributed by atoms with Gasteiger partial charge in [-0.15, -0.1) is 11.3 Å². The first-order chi connectivity index (χ1) is 21.7. The molecule has 2 aliphatic rings. The summed E-state index contributed by atoms with van der Waals surface area (Å²) >= 11 is 1.41. The van der Waals surface area contributed by atoms with Crippen LogP contribution in [-0.2, 0) is 14.3 Å². The van der Waals surface area contributed by atoms with Crippen molar-refractivity contribution in [1.29, 1.82) is 0 Å². The second-order valence-electron chi connectivity index (χ2n) is 12.6. The number of thiophene rings is 1. The standard InChI is InChI=1S/C37H43NO6S/c1-24-9-11-26(12-10-24)33(39)22-29(21-30-23-34(27-7-5-4-6-8-27)45-35(30)37(41)43-3)25-15-19-32(20-16-25)44-36(40)28-13-17-31(18-14-28)38(2)42/h4-8,13-14,17-18,21,23-26,32,38H,9-12,15-16,19-20,22H2,1-3H3/b29-21-. The molecule has 5 rings (SSSR count). The molecular weight excluding hydrogens is 586 g/mol. The van der Waals surface area contributed by atoms with Crippen molar-refractivity contribution in [3.8, 4) is 10.4 Å². The van der Waals surface area contributed by atoms with Gasteiger partial charge in [0.15, 0.2) is 0 Å². The number of carbonyl (C=O) groups is 3. The zero-order valence-electron chi connectivity index (χ0n) is 26.4. The maximum Gasteiger partial charge on any atom is 0.348 e. The van der Waals surface area contributed by atoms with E-state index in [-0.39, 0.29) is 40.7 Å². The highest BCUT2D eigenvalue weighted by Gasteiger charge is 2.31. The average Bonchev–Trinajstić information content (AvgIpc) is 3.49. The quantitative estimate of drug-likeness (QED) is 0.185. The normalized spacial score (nSPS) is 22.8. The first kappa shape index (κ1) is 32.8. The third kappa shape index (κ3) is 8.37. The van der Waals surface area contributed by atoms with E-state index in [1.54, 1.807) is 24.3 Å². The number of ketones is 1. The van der Waals surface area contributed by atoms with Crippen molar-refractivity contribution >= 4 is 40.8 Å². The van der Waals surface area contributed by atoms with Crippen LogP contribution in [0.2, 0.25) is 0 Å². The highest BCUT2D eigenvalue weighted by atomic mass is 32.1. The minimum atomic E-state index is -0.388. The molecule has 1 heterocycles. The van der Waals surface area contributed by atoms with Gasteiger partial charge in [-0.3, -0.25) is 4.79 Å². The molecule has 2 aromatic carbocycles. The van der Waals surface area contributed by atoms with Crippen LogP contribution in [0.5, 0.6) is 0 Å². The number of hydrogen-bond acceptors (Lipinski definition) is 7. The molecule has 7 nitrogen and oxygen atoms in total. The number of methoxy groups -OCH3 is 1. The van der Waals surface area contributed by atoms with E-state index < -0.39 is 0 Å². The first-order valence-corrected chi connectivity index (χ1v) is 16.9. The molecule has 2 saturated carbocycles. The fourth-order valence-corrected chi connectivity index (χ4v) is 7.62. The van der Waals surface area contributed by atoms with Crippen LogP contribution in [0.1, 0.15) is 90.3 Å². The minimum absolute atomic E-state index is 0.0499. The van der Waals surface area contributed by atoms with Gasteiger partial charge >= 0.3 is 11.9 Å². The average molecular weight is 630 g/mol. The Hall–Kier alpha value is -3.59. The number of carbonyl (C=O) groups excluding carboxylic acids is 3. The predicted molar refractivity (Wildman–Crippen MR) is 177 cm³/mol. The topological polar surface area (TPSA) is 97.2 Å². The molecule has 0 radical (unpaired) electrons. The maximum atomic E-state index is 13.7. The van der Waals surface area contributed by atoms with Gasteiger partial charge in [0.25, 0.3) is 0 Å². The second-order valence-corrected chi connectivity index (χ2v) is 13.6. The Balaban J connectivity index is 1.35. The summed E-state index contributed by atoms with van der Waals surface area (Å²) in [6.07, 6.45) is 9.21. The van der Waals surface area contributed by atoms with Crippen molar-refractivity contribution in [3.05, 3.63) is 87.4 Å². The lowest BCUT2D eigenvalue weighted by Crippen LogP contribution is -2.98. The van der Waals surface area contributed by atoms with Crippen LogP contribution < -0.4 is 5.06 Å². The summed E-state index contributed by atoms with van der Waals surface area (Å²) in [6.45, 7) is 2.26. The van der Waals surface area contributed by atoms with Gasteiger partial charge in [0.1, 0.15) is 22.5 Å². The SMILES string of the molecule is COC(=O)c1sc(-c2ccccc2)cc1/C=C(/CC(=O)C1CCC(C)CC1)C1CCC(OC(=O)c2ccc([NH+](C)[O-])cc2)CC1. The van der Waals surface area contributed by atoms with Crippen molar-refractivity contribution < 1.29 is 28.9 Å². The lowest BCUT2D eigenvalue weighted by atomic mass is 9.76. The van der Waals surface area contributed by atoms with E-state index in [2.05, 4.69) is 13.0 Å². The fraction of sp³-hybridized carbons (Fsp3) is 0.432. The van der Waals surface area contributed by atoms with Gasteiger partial charge in [0.05, 0.1) is 19.7 Å². The molecule has 0 bridgehead atoms. The summed E-state index contributed by atoms with van der Waals surface area (Å²) in [5.41, 5.74) is 3.84. The number of hydrogen-bond donors (Lipinski definition) is 1. The molecule has 0 saturated heterocycles. The number of rotatable bonds is 10. The molecule has 2 aliphatic carbocycles. The third-order valence-electron chi connectivity index (χ3n) is 9.38. The monoisotopic (exact) mass is 629 g/mol. The molecule has 2 fully saturated rings. The van der Waals surface area contributed by atoms with Crippen molar-refractivity contribution in [1.82, 2.24) is 0 Å². The number of esters is 2. The Morgan fingerprint density at radius 2 is 1.53 bits per heavy atom. The van der Waals surface area contributed by atoms with Crippen LogP contribution >= 0.6 is 11.3 Å². The predicted octanol–water partition coefficient (Wildman–Crippen LogP) is 7.43. The van der Waals surface area contributed by atoms with E-state index in [0.717, 1.165) is 60.1 Å². The van der Waals surface area contributed by atoms with Crippen molar-refractivity contribution in [2.45, 2.75) is 70.8 Å². The molecular formula is C37H43NO6S. The number of quaternary nitrogens is 1. The molecule has 45 heavy (non-hydrogen) atoms. The van der Waals surface area contributed by atoms with Gasteiger partial charge in [0, 0.05) is 34.9 Å². The Labute approximate surface area is 269 Å². The zero-order chi connectivity index (χ0) is 31.9. The van der Waals surface area contributed by atoms with E-state index >= 15 is 0 Å². The summed E-state index contributed by atoms with van der Waals surface area (Å²) < 4.78 is 11.0. The lowest BCUT2D eigenvalue weighted by Gasteiger charge is -2.31. The summed E-state index contributed by atoms with van der Waals surface area (Å²) in [5.74, 6) is 0.408. The molecule has 1 aromatic heterocycles. The molecule has 8 heteroatoms. The van der Waals surface area contributed by atoms with E-state index in [9.17, 15) is 19.6 Å². The van der Waals surface area contributed by atoms with Gasteiger partial charge in [-0.25, -0.2) is 9.59 Å². The Morgan fingerprint density at radius 3 is 2.16 bits per heavy atom. The molecule has 0 amide bonds. The third-order valence-corrected chi connectivity index (χ3v) is 10.6. The maximum absolute atomic E-state index is 13.7. The molecule has 3 aromatic rings. The smallest absolute Gasteiger partial charge is 0.348 e. The molecule has 1 N–H and O–H groups in total. The lowest BCUT2D eigenvalue weighted by molar-refractivity contribution is -0.751. The number of benzene rings is 2. The fourth-order valence-electron chi connectivity index (χ4n) is 6.56. The van der Waals surface area contributed by atoms with Crippen LogP contribution in [0.4, 0.5) is 5.69 Å². The highest BCUT2D eigenvalue weighted by molar-refractivity contribution is 7.17. The van der Waals surface area contributed by atoms with E-state index in [0.29, 0.717) is 41.3 Å². The van der Waals surface area contributed by atoms with Crippen LogP contribution in [0, 0.1) is 23.0 Å². The van der Waals surface area contributed by atoms with Gasteiger partial charge < -0.3 is 19.7 Å². The van der Waals surface area contributed by atoms with Crippen molar-refractivity contribution in [3.63, 3.8) is 0 Å². The first-order valence-electron chi connectivity index (χ1n) is 16.0. The van der Waals surface area contributed by atoms with Crippen LogP contribution in [0.3, 0.4) is 0 Å². The van der Waals surface area contributed by atoms with Gasteiger partial charge in [0.2, 0.25) is 0 Å². The Kier molecular flexibility index (Phi) is 11.0. The van der Waals surface area contributed by atoms with Crippen LogP contribution in [-0.4, -0.2) is 38.0 Å². The minimum Gasteiger partial charge on any atom is -0.629 e. The summed E-state index contributed by atoms with van der Waals surface area (Å²) in [6, 6.07) is 18.5. The number of nitrogens with one attached hydrogen (secondary N) is 1. The zero-order valence-corrected chi connectivity index (χ0v) is 27.2. The van der Waals surface area contributed by atoms with E-state index in [4.69, 9.17) is 9.47 Å². The van der Waals surface area contributed by atoms with Crippen LogP contribution in [0.15, 0.2) is 66.2 Å². The largest absolute Gasteiger partial charge is 0.629 e. The van der Waals surface area contributed by atoms with Gasteiger partial charge in [-0.05, 0) is 74.1 Å². The van der Waals surface area contributed by atoms with Crippen molar-refractivity contribution in [2.24, 2.45) is 17.8 Å². The van der Waals surface area contributed by atoms with E-state index in [1.165, 1.54) is 25.5 Å². The number of Topliss-reactive ketones (excluding diaryl/α,β-unsaturated/α-hetero) is 1. The number of ether oxygens (including phenoxy) is 2. The van der Waals surface area contributed by atoms with E-state index in [1.807, 2.05) is 36.4 Å². The summed E-state index contributed by atoms with van der Waals surface area (Å²) in [7, 11) is 2.89. The highest BCUT2D eigenvalue weighted by Crippen LogP contribution is 2.39. The number of hydroxylamine groups is 1. The molecule has 0 spiro atoms. The Morgan fingerprint density at radius 1 is 0.889 bits per heavy atom. The summed E-state index contributed by atoms with van der Waals surface area (Å²) in [5, 5.41) is 11.5. The molecule has 1 atom stereocenters. The van der Waals surface area contributed by atoms with Crippen molar-refractivity contribution in [2.75, 3.05) is 14.2 Å². The van der Waals surface area contributed by atoms with Gasteiger partial charge in [-0.1, -0.05) is 61.7 Å². The molecule has 1 unspecified atom stereocenters. The summed E-state index contributed by atoms with van der Waals surface area (Å²) in [4.78, 5) is 40.9. The molecule has 0 aliphatic heterocycles. The molecule has 238 valence electrons. The Bertz CT molecular complexity index is 1490. The second kappa shape index (κ2) is 15.1. The number of allylic oxidation sites excluding steroid dienone is 1.